The van der Waals surface area contributed by atoms with E-state index in [1.165, 1.54) is 24.0 Å². The summed E-state index contributed by atoms with van der Waals surface area (Å²) in [5.74, 6) is 0.768. The number of pyridine rings is 1. The molecule has 1 heterocycles. The van der Waals surface area contributed by atoms with Gasteiger partial charge in [0.25, 0.3) is 0 Å². The van der Waals surface area contributed by atoms with Gasteiger partial charge in [-0.1, -0.05) is 37.3 Å². The smallest absolute Gasteiger partial charge is 0.0845 e. The lowest BCUT2D eigenvalue weighted by molar-refractivity contribution is 0.177. The molecule has 1 aromatic carbocycles. The third-order valence-electron chi connectivity index (χ3n) is 4.07. The lowest BCUT2D eigenvalue weighted by Gasteiger charge is -2.11. The number of aliphatic hydroxyl groups excluding tert-OH is 1. The van der Waals surface area contributed by atoms with E-state index < -0.39 is 6.10 Å². The Kier molecular flexibility index (Phi) is 3.83. The fourth-order valence-electron chi connectivity index (χ4n) is 2.51. The minimum atomic E-state index is -0.469. The van der Waals surface area contributed by atoms with Gasteiger partial charge in [0.15, 0.2) is 0 Å². The molecule has 0 radical (unpaired) electrons. The number of hydrogen-bond donors (Lipinski definition) is 1. The summed E-state index contributed by atoms with van der Waals surface area (Å²) in [5, 5.41) is 10.3. The molecule has 0 bridgehead atoms. The van der Waals surface area contributed by atoms with Crippen LogP contribution in [0.25, 0.3) is 0 Å². The van der Waals surface area contributed by atoms with Crippen LogP contribution in [-0.4, -0.2) is 10.1 Å². The first kappa shape index (κ1) is 13.3. The first-order valence-corrected chi connectivity index (χ1v) is 7.48. The minimum Gasteiger partial charge on any atom is -0.388 e. The van der Waals surface area contributed by atoms with Gasteiger partial charge in [-0.25, -0.2) is 0 Å². The van der Waals surface area contributed by atoms with E-state index >= 15 is 0 Å². The molecule has 1 N–H and O–H groups in total. The molecule has 2 aromatic rings. The molecule has 1 saturated carbocycles. The average Bonchev–Trinajstić information content (AvgIpc) is 3.33. The first-order valence-electron chi connectivity index (χ1n) is 7.48. The van der Waals surface area contributed by atoms with Crippen molar-refractivity contribution in [1.82, 2.24) is 4.98 Å². The Morgan fingerprint density at radius 3 is 2.45 bits per heavy atom. The molecule has 20 heavy (non-hydrogen) atoms. The minimum absolute atomic E-state index is 0.469. The van der Waals surface area contributed by atoms with Gasteiger partial charge in [0.1, 0.15) is 0 Å². The summed E-state index contributed by atoms with van der Waals surface area (Å²) in [6.07, 6.45) is 5.64. The van der Waals surface area contributed by atoms with E-state index in [2.05, 4.69) is 42.2 Å². The molecule has 1 aliphatic carbocycles. The van der Waals surface area contributed by atoms with Crippen LogP contribution >= 0.6 is 0 Å². The molecule has 1 aliphatic rings. The van der Waals surface area contributed by atoms with Gasteiger partial charge < -0.3 is 5.11 Å². The Bertz CT molecular complexity index is 555. The molecule has 104 valence electrons. The molecule has 2 heteroatoms. The van der Waals surface area contributed by atoms with Crippen molar-refractivity contribution in [1.29, 1.82) is 0 Å². The number of aliphatic hydroxyl groups is 1. The zero-order valence-corrected chi connectivity index (χ0v) is 11.9. The van der Waals surface area contributed by atoms with Crippen LogP contribution < -0.4 is 0 Å². The summed E-state index contributed by atoms with van der Waals surface area (Å²) in [6.45, 7) is 2.12. The third kappa shape index (κ3) is 3.07. The van der Waals surface area contributed by atoms with E-state index in [0.29, 0.717) is 6.42 Å². The van der Waals surface area contributed by atoms with Crippen molar-refractivity contribution in [3.63, 3.8) is 0 Å². The van der Waals surface area contributed by atoms with E-state index in [1.807, 2.05) is 12.3 Å². The molecule has 0 spiro atoms. The summed E-state index contributed by atoms with van der Waals surface area (Å²) < 4.78 is 0. The number of hydrogen-bond acceptors (Lipinski definition) is 2. The van der Waals surface area contributed by atoms with E-state index in [0.717, 1.165) is 23.6 Å². The van der Waals surface area contributed by atoms with E-state index in [-0.39, 0.29) is 0 Å². The predicted octanol–water partition coefficient (Wildman–Crippen LogP) is 3.80. The number of aromatic nitrogens is 1. The molecule has 2 nitrogen and oxygen atoms in total. The van der Waals surface area contributed by atoms with E-state index in [4.69, 9.17) is 0 Å². The van der Waals surface area contributed by atoms with E-state index in [9.17, 15) is 5.11 Å². The lowest BCUT2D eigenvalue weighted by Crippen LogP contribution is -2.03. The molecule has 1 unspecified atom stereocenters. The molecule has 1 fully saturated rings. The maximum atomic E-state index is 10.3. The van der Waals surface area contributed by atoms with Gasteiger partial charge >= 0.3 is 0 Å². The van der Waals surface area contributed by atoms with Crippen LogP contribution in [0, 0.1) is 0 Å². The van der Waals surface area contributed by atoms with Gasteiger partial charge in [0.05, 0.1) is 6.10 Å². The Morgan fingerprint density at radius 2 is 1.90 bits per heavy atom. The topological polar surface area (TPSA) is 33.1 Å². The highest BCUT2D eigenvalue weighted by molar-refractivity contribution is 5.29. The fraction of sp³-hybridized carbons (Fsp3) is 0.389. The van der Waals surface area contributed by atoms with Crippen LogP contribution in [0.1, 0.15) is 54.2 Å². The standard InChI is InChI=1S/C18H21NO/c1-2-13-3-10-17(19-12-13)11-18(20)16-8-6-15(7-9-16)14-4-5-14/h3,6-10,12,14,18,20H,2,4-5,11H2,1H3. The Hall–Kier alpha value is -1.67. The van der Waals surface area contributed by atoms with Crippen LogP contribution in [0.3, 0.4) is 0 Å². The number of benzene rings is 1. The molecular weight excluding hydrogens is 246 g/mol. The van der Waals surface area contributed by atoms with Crippen LogP contribution in [0.2, 0.25) is 0 Å². The Labute approximate surface area is 120 Å². The summed E-state index contributed by atoms with van der Waals surface area (Å²) in [5.41, 5.74) is 4.57. The Balaban J connectivity index is 1.66. The monoisotopic (exact) mass is 267 g/mol. The molecule has 0 aliphatic heterocycles. The van der Waals surface area contributed by atoms with Gasteiger partial charge in [-0.2, -0.15) is 0 Å². The second-order valence-corrected chi connectivity index (χ2v) is 5.67. The average molecular weight is 267 g/mol. The van der Waals surface area contributed by atoms with Gasteiger partial charge in [-0.15, -0.1) is 0 Å². The van der Waals surface area contributed by atoms with Crippen LogP contribution in [0.15, 0.2) is 42.6 Å². The molecule has 3 rings (SSSR count). The van der Waals surface area contributed by atoms with Gasteiger partial charge in [-0.3, -0.25) is 4.98 Å². The summed E-state index contributed by atoms with van der Waals surface area (Å²) in [7, 11) is 0. The van der Waals surface area contributed by atoms with Crippen molar-refractivity contribution in [2.45, 2.75) is 44.6 Å². The van der Waals surface area contributed by atoms with Gasteiger partial charge in [0, 0.05) is 18.3 Å². The molecule has 1 atom stereocenters. The highest BCUT2D eigenvalue weighted by Gasteiger charge is 2.23. The fourth-order valence-corrected chi connectivity index (χ4v) is 2.51. The zero-order valence-electron chi connectivity index (χ0n) is 11.9. The van der Waals surface area contributed by atoms with Gasteiger partial charge in [-0.05, 0) is 47.9 Å². The van der Waals surface area contributed by atoms with Crippen molar-refractivity contribution in [3.05, 3.63) is 65.0 Å². The number of rotatable bonds is 5. The number of nitrogens with zero attached hydrogens (tertiary/aromatic N) is 1. The summed E-state index contributed by atoms with van der Waals surface area (Å²) in [6, 6.07) is 12.5. The highest BCUT2D eigenvalue weighted by Crippen LogP contribution is 2.40. The molecule has 1 aromatic heterocycles. The van der Waals surface area contributed by atoms with Crippen molar-refractivity contribution >= 4 is 0 Å². The second kappa shape index (κ2) is 5.76. The third-order valence-corrected chi connectivity index (χ3v) is 4.07. The van der Waals surface area contributed by atoms with E-state index in [1.54, 1.807) is 0 Å². The predicted molar refractivity (Wildman–Crippen MR) is 80.7 cm³/mol. The van der Waals surface area contributed by atoms with Crippen LogP contribution in [0.5, 0.6) is 0 Å². The van der Waals surface area contributed by atoms with Gasteiger partial charge in [0.2, 0.25) is 0 Å². The maximum Gasteiger partial charge on any atom is 0.0845 e. The maximum absolute atomic E-state index is 10.3. The van der Waals surface area contributed by atoms with Crippen molar-refractivity contribution in [3.8, 4) is 0 Å². The zero-order chi connectivity index (χ0) is 13.9. The molecule has 0 saturated heterocycles. The van der Waals surface area contributed by atoms with Crippen molar-refractivity contribution in [2.75, 3.05) is 0 Å². The molecule has 0 amide bonds. The van der Waals surface area contributed by atoms with Crippen molar-refractivity contribution < 1.29 is 5.11 Å². The van der Waals surface area contributed by atoms with Crippen molar-refractivity contribution in [2.24, 2.45) is 0 Å². The number of aryl methyl sites for hydroxylation is 1. The lowest BCUT2D eigenvalue weighted by atomic mass is 10.0. The normalized spacial score (nSPS) is 16.1. The SMILES string of the molecule is CCc1ccc(CC(O)c2ccc(C3CC3)cc2)nc1. The second-order valence-electron chi connectivity index (χ2n) is 5.67. The van der Waals surface area contributed by atoms with Crippen LogP contribution in [-0.2, 0) is 12.8 Å². The highest BCUT2D eigenvalue weighted by atomic mass is 16.3. The first-order chi connectivity index (χ1) is 9.76. The van der Waals surface area contributed by atoms with Crippen LogP contribution in [0.4, 0.5) is 0 Å². The summed E-state index contributed by atoms with van der Waals surface area (Å²) in [4.78, 5) is 4.41. The largest absolute Gasteiger partial charge is 0.388 e. The quantitative estimate of drug-likeness (QED) is 0.894. The summed E-state index contributed by atoms with van der Waals surface area (Å²) >= 11 is 0. The Morgan fingerprint density at radius 1 is 1.15 bits per heavy atom. The molecular formula is C18H21NO.